The van der Waals surface area contributed by atoms with E-state index in [0.29, 0.717) is 11.8 Å². The van der Waals surface area contributed by atoms with Gasteiger partial charge in [0.15, 0.2) is 0 Å². The molecule has 0 aliphatic heterocycles. The summed E-state index contributed by atoms with van der Waals surface area (Å²) in [6.45, 7) is 25.5. The van der Waals surface area contributed by atoms with Crippen molar-refractivity contribution in [3.05, 3.63) is 202 Å². The Kier molecular flexibility index (Phi) is 13.0. The third kappa shape index (κ3) is 8.51. The summed E-state index contributed by atoms with van der Waals surface area (Å²) in [5.41, 5.74) is 28.5. The Bertz CT molecular complexity index is 2820. The Balaban J connectivity index is 1.24. The molecule has 0 saturated heterocycles. The Morgan fingerprint density at radius 3 is 1.19 bits per heavy atom. The number of nitrogens with zero attached hydrogens (tertiary/aromatic N) is 3. The fourth-order valence-electron chi connectivity index (χ4n) is 11.3. The number of hydrogen-bond acceptors (Lipinski definition) is 3. The van der Waals surface area contributed by atoms with Gasteiger partial charge in [-0.1, -0.05) is 132 Å². The average Bonchev–Trinajstić information content (AvgIpc) is 3.29. The Labute approximate surface area is 383 Å². The standard InChI is InChI=1S/C60H62BN3/c1-12-47(33-37(2)48-19-21-50(22-20-48)52-16-13-27-62-34-52)49-23-25-51(26-24-49)55-38(3)30-41(6)58(44(55)9)61(59-42(7)31-39(4)56(45(59)10)53-17-14-28-63-35-53)60-43(8)32-40(5)57(46(60)11)54-18-15-29-64-36-54/h13-32,34-37,47H,12,33H2,1-11H3. The maximum absolute atomic E-state index is 4.58. The van der Waals surface area contributed by atoms with Crippen LogP contribution in [0.3, 0.4) is 0 Å². The summed E-state index contributed by atoms with van der Waals surface area (Å²) in [5, 5.41) is 0. The van der Waals surface area contributed by atoms with Gasteiger partial charge in [-0.25, -0.2) is 0 Å². The molecule has 4 heteroatoms. The van der Waals surface area contributed by atoms with Gasteiger partial charge in [-0.2, -0.15) is 0 Å². The van der Waals surface area contributed by atoms with E-state index in [0.717, 1.165) is 29.5 Å². The van der Waals surface area contributed by atoms with Crippen molar-refractivity contribution in [2.24, 2.45) is 0 Å². The minimum atomic E-state index is -0.0185. The molecule has 3 nitrogen and oxygen atoms in total. The number of aromatic nitrogens is 3. The lowest BCUT2D eigenvalue weighted by Crippen LogP contribution is -2.58. The first-order valence-corrected chi connectivity index (χ1v) is 23.1. The van der Waals surface area contributed by atoms with E-state index in [9.17, 15) is 0 Å². The van der Waals surface area contributed by atoms with Crippen LogP contribution in [-0.4, -0.2) is 21.7 Å². The summed E-state index contributed by atoms with van der Waals surface area (Å²) in [7, 11) is 0. The molecule has 8 aromatic rings. The van der Waals surface area contributed by atoms with Gasteiger partial charge >= 0.3 is 0 Å². The molecule has 0 N–H and O–H groups in total. The normalized spacial score (nSPS) is 12.3. The van der Waals surface area contributed by atoms with E-state index in [-0.39, 0.29) is 6.71 Å². The SMILES string of the molecule is CCC(CC(C)c1ccc(-c2cccnc2)cc1)c1ccc(-c2c(C)cc(C)c(B(c3c(C)cc(C)c(-c4cccnc4)c3C)c3c(C)cc(C)c(-c4cccnc4)c3C)c2C)cc1. The van der Waals surface area contributed by atoms with Crippen LogP contribution in [0.4, 0.5) is 0 Å². The van der Waals surface area contributed by atoms with Gasteiger partial charge in [0.1, 0.15) is 0 Å². The largest absolute Gasteiger partial charge is 0.264 e. The molecule has 64 heavy (non-hydrogen) atoms. The highest BCUT2D eigenvalue weighted by atomic mass is 14.6. The third-order valence-corrected chi connectivity index (χ3v) is 14.1. The van der Waals surface area contributed by atoms with Gasteiger partial charge in [0.2, 0.25) is 6.71 Å². The number of rotatable bonds is 12. The molecule has 3 aromatic heterocycles. The quantitative estimate of drug-likeness (QED) is 0.115. The van der Waals surface area contributed by atoms with E-state index in [2.05, 4.69) is 188 Å². The van der Waals surface area contributed by atoms with Crippen LogP contribution in [0.15, 0.2) is 140 Å². The molecule has 0 radical (unpaired) electrons. The maximum atomic E-state index is 4.58. The second-order valence-electron chi connectivity index (χ2n) is 18.4. The van der Waals surface area contributed by atoms with Crippen molar-refractivity contribution in [3.8, 4) is 44.5 Å². The van der Waals surface area contributed by atoms with E-state index >= 15 is 0 Å². The van der Waals surface area contributed by atoms with E-state index in [4.69, 9.17) is 0 Å². The Morgan fingerprint density at radius 2 is 0.797 bits per heavy atom. The van der Waals surface area contributed by atoms with Gasteiger partial charge < -0.3 is 0 Å². The van der Waals surface area contributed by atoms with E-state index in [1.807, 2.05) is 43.2 Å². The fourth-order valence-corrected chi connectivity index (χ4v) is 11.3. The first-order chi connectivity index (χ1) is 30.9. The molecule has 0 fully saturated rings. The number of aryl methyl sites for hydroxylation is 6. The third-order valence-electron chi connectivity index (χ3n) is 14.1. The molecular weight excluding hydrogens is 773 g/mol. The van der Waals surface area contributed by atoms with Crippen LogP contribution < -0.4 is 16.4 Å². The lowest BCUT2D eigenvalue weighted by molar-refractivity contribution is 0.544. The molecular formula is C60H62BN3. The monoisotopic (exact) mass is 836 g/mol. The second-order valence-corrected chi connectivity index (χ2v) is 18.4. The average molecular weight is 836 g/mol. The lowest BCUT2D eigenvalue weighted by Gasteiger charge is -2.31. The molecule has 2 atom stereocenters. The van der Waals surface area contributed by atoms with Crippen molar-refractivity contribution in [3.63, 3.8) is 0 Å². The summed E-state index contributed by atoms with van der Waals surface area (Å²) >= 11 is 0. The number of hydrogen-bond donors (Lipinski definition) is 0. The van der Waals surface area contributed by atoms with Gasteiger partial charge in [-0.15, -0.1) is 0 Å². The second kappa shape index (κ2) is 18.8. The summed E-state index contributed by atoms with van der Waals surface area (Å²) in [5.74, 6) is 0.901. The summed E-state index contributed by atoms with van der Waals surface area (Å²) < 4.78 is 0. The minimum absolute atomic E-state index is 0.0185. The molecule has 0 amide bonds. The van der Waals surface area contributed by atoms with Crippen LogP contribution in [0.5, 0.6) is 0 Å². The first kappa shape index (κ1) is 44.2. The molecule has 320 valence electrons. The molecule has 0 saturated carbocycles. The number of pyridine rings is 3. The fraction of sp³-hybridized carbons (Fsp3) is 0.250. The van der Waals surface area contributed by atoms with Crippen LogP contribution in [0.1, 0.15) is 99.7 Å². The summed E-state index contributed by atoms with van der Waals surface area (Å²) in [4.78, 5) is 13.5. The van der Waals surface area contributed by atoms with Crippen LogP contribution >= 0.6 is 0 Å². The molecule has 0 aliphatic rings. The van der Waals surface area contributed by atoms with Crippen molar-refractivity contribution in [2.75, 3.05) is 0 Å². The van der Waals surface area contributed by atoms with Gasteiger partial charge in [0.05, 0.1) is 0 Å². The predicted octanol–water partition coefficient (Wildman–Crippen LogP) is 13.5. The van der Waals surface area contributed by atoms with Crippen molar-refractivity contribution >= 4 is 23.1 Å². The first-order valence-electron chi connectivity index (χ1n) is 23.1. The smallest absolute Gasteiger partial charge is 0.243 e. The molecule has 0 bridgehead atoms. The highest BCUT2D eigenvalue weighted by molar-refractivity contribution is 6.97. The summed E-state index contributed by atoms with van der Waals surface area (Å²) in [6, 6.07) is 38.6. The highest BCUT2D eigenvalue weighted by Gasteiger charge is 2.34. The van der Waals surface area contributed by atoms with Crippen molar-refractivity contribution in [2.45, 2.75) is 101 Å². The van der Waals surface area contributed by atoms with E-state index in [1.165, 1.54) is 105 Å². The number of benzene rings is 5. The Morgan fingerprint density at radius 1 is 0.422 bits per heavy atom. The van der Waals surface area contributed by atoms with Gasteiger partial charge in [0, 0.05) is 48.3 Å². The zero-order chi connectivity index (χ0) is 45.2. The minimum Gasteiger partial charge on any atom is -0.264 e. The molecule has 2 unspecified atom stereocenters. The van der Waals surface area contributed by atoms with Crippen molar-refractivity contribution < 1.29 is 0 Å². The molecule has 8 rings (SSSR count). The maximum Gasteiger partial charge on any atom is 0.243 e. The molecule has 0 spiro atoms. The van der Waals surface area contributed by atoms with Gasteiger partial charge in [-0.3, -0.25) is 15.0 Å². The molecule has 3 heterocycles. The topological polar surface area (TPSA) is 38.7 Å². The highest BCUT2D eigenvalue weighted by Crippen LogP contribution is 2.36. The summed E-state index contributed by atoms with van der Waals surface area (Å²) in [6.07, 6.45) is 13.7. The molecule has 5 aromatic carbocycles. The lowest BCUT2D eigenvalue weighted by atomic mass is 9.32. The molecule has 0 aliphatic carbocycles. The predicted molar refractivity (Wildman–Crippen MR) is 274 cm³/mol. The zero-order valence-electron chi connectivity index (χ0n) is 39.8. The van der Waals surface area contributed by atoms with Crippen LogP contribution in [0.25, 0.3) is 44.5 Å². The van der Waals surface area contributed by atoms with Gasteiger partial charge in [0.25, 0.3) is 0 Å². The van der Waals surface area contributed by atoms with Crippen LogP contribution in [0, 0.1) is 62.3 Å². The van der Waals surface area contributed by atoms with Crippen molar-refractivity contribution in [1.82, 2.24) is 15.0 Å². The van der Waals surface area contributed by atoms with Crippen LogP contribution in [-0.2, 0) is 0 Å². The van der Waals surface area contributed by atoms with Gasteiger partial charge in [-0.05, 0) is 183 Å². The van der Waals surface area contributed by atoms with Crippen molar-refractivity contribution in [1.29, 1.82) is 0 Å². The van der Waals surface area contributed by atoms with E-state index < -0.39 is 0 Å². The van der Waals surface area contributed by atoms with Crippen LogP contribution in [0.2, 0.25) is 0 Å². The Hall–Kier alpha value is -6.39. The zero-order valence-corrected chi connectivity index (χ0v) is 39.8. The van der Waals surface area contributed by atoms with E-state index in [1.54, 1.807) is 0 Å².